The lowest BCUT2D eigenvalue weighted by Crippen LogP contribution is -2.50. The summed E-state index contributed by atoms with van der Waals surface area (Å²) in [5.74, 6) is 0.875. The monoisotopic (exact) mass is 413 g/mol. The van der Waals surface area contributed by atoms with Gasteiger partial charge in [-0.3, -0.25) is 14.2 Å². The van der Waals surface area contributed by atoms with E-state index in [2.05, 4.69) is 28.9 Å². The number of aryl methyl sites for hydroxylation is 1. The second kappa shape index (κ2) is 7.83. The first kappa shape index (κ1) is 19.2. The SMILES string of the molecule is Cc1cc(N2CCN(C(=O)Cn3cnc4ccccc4c3=O)CC2)nc2ccccc12. The number of rotatable bonds is 3. The van der Waals surface area contributed by atoms with Crippen LogP contribution in [-0.4, -0.2) is 51.5 Å². The molecule has 1 fully saturated rings. The maximum atomic E-state index is 12.8. The highest BCUT2D eigenvalue weighted by molar-refractivity contribution is 5.84. The smallest absolute Gasteiger partial charge is 0.261 e. The van der Waals surface area contributed by atoms with E-state index in [0.29, 0.717) is 37.1 Å². The maximum absolute atomic E-state index is 12.8. The van der Waals surface area contributed by atoms with E-state index in [4.69, 9.17) is 4.98 Å². The van der Waals surface area contributed by atoms with Gasteiger partial charge in [0, 0.05) is 31.6 Å². The number of hydrogen-bond donors (Lipinski definition) is 0. The molecule has 4 aromatic rings. The van der Waals surface area contributed by atoms with Crippen LogP contribution in [0.15, 0.2) is 65.7 Å². The summed E-state index contributed by atoms with van der Waals surface area (Å²) in [5.41, 5.74) is 2.64. The molecular formula is C24H23N5O2. The van der Waals surface area contributed by atoms with Crippen LogP contribution < -0.4 is 10.5 Å². The molecule has 2 aromatic heterocycles. The number of benzene rings is 2. The molecule has 7 heteroatoms. The fourth-order valence-corrected chi connectivity index (χ4v) is 4.14. The Hall–Kier alpha value is -3.74. The van der Waals surface area contributed by atoms with Crippen molar-refractivity contribution < 1.29 is 4.79 Å². The number of carbonyl (C=O) groups excluding carboxylic acids is 1. The van der Waals surface area contributed by atoms with Gasteiger partial charge in [-0.2, -0.15) is 0 Å². The van der Waals surface area contributed by atoms with Crippen LogP contribution in [0.5, 0.6) is 0 Å². The molecular weight excluding hydrogens is 390 g/mol. The third-order valence-electron chi connectivity index (χ3n) is 5.90. The number of hydrogen-bond acceptors (Lipinski definition) is 5. The van der Waals surface area contributed by atoms with E-state index in [1.165, 1.54) is 16.5 Å². The maximum Gasteiger partial charge on any atom is 0.261 e. The average Bonchev–Trinajstić information content (AvgIpc) is 2.81. The fourth-order valence-electron chi connectivity index (χ4n) is 4.14. The zero-order valence-corrected chi connectivity index (χ0v) is 17.4. The first-order chi connectivity index (χ1) is 15.1. The molecule has 0 unspecified atom stereocenters. The Bertz CT molecular complexity index is 1340. The number of amides is 1. The van der Waals surface area contributed by atoms with E-state index in [1.54, 1.807) is 18.2 Å². The Morgan fingerprint density at radius 3 is 2.39 bits per heavy atom. The average molecular weight is 413 g/mol. The summed E-state index contributed by atoms with van der Waals surface area (Å²) in [6, 6.07) is 17.4. The summed E-state index contributed by atoms with van der Waals surface area (Å²) in [5, 5.41) is 1.69. The largest absolute Gasteiger partial charge is 0.353 e. The normalized spacial score (nSPS) is 14.4. The minimum absolute atomic E-state index is 0.00397. The summed E-state index contributed by atoms with van der Waals surface area (Å²) in [7, 11) is 0. The Balaban J connectivity index is 1.28. The number of piperazine rings is 1. The molecule has 1 saturated heterocycles. The minimum Gasteiger partial charge on any atom is -0.353 e. The van der Waals surface area contributed by atoms with Gasteiger partial charge in [-0.25, -0.2) is 9.97 Å². The van der Waals surface area contributed by atoms with Crippen LogP contribution in [0.3, 0.4) is 0 Å². The van der Waals surface area contributed by atoms with Crippen LogP contribution in [0, 0.1) is 6.92 Å². The van der Waals surface area contributed by atoms with Crippen molar-refractivity contribution in [3.8, 4) is 0 Å². The van der Waals surface area contributed by atoms with E-state index in [9.17, 15) is 9.59 Å². The molecule has 7 nitrogen and oxygen atoms in total. The molecule has 0 spiro atoms. The number of para-hydroxylation sites is 2. The van der Waals surface area contributed by atoms with Gasteiger partial charge in [0.1, 0.15) is 12.4 Å². The lowest BCUT2D eigenvalue weighted by Gasteiger charge is -2.35. The highest BCUT2D eigenvalue weighted by Crippen LogP contribution is 2.23. The summed E-state index contributed by atoms with van der Waals surface area (Å²) >= 11 is 0. The lowest BCUT2D eigenvalue weighted by atomic mass is 10.1. The van der Waals surface area contributed by atoms with Crippen LogP contribution in [0.4, 0.5) is 5.82 Å². The van der Waals surface area contributed by atoms with Crippen molar-refractivity contribution in [1.82, 2.24) is 19.4 Å². The fraction of sp³-hybridized carbons (Fsp3) is 0.250. The van der Waals surface area contributed by atoms with Crippen molar-refractivity contribution in [2.24, 2.45) is 0 Å². The Morgan fingerprint density at radius 2 is 1.61 bits per heavy atom. The number of pyridine rings is 1. The third kappa shape index (κ3) is 3.63. The molecule has 0 bridgehead atoms. The van der Waals surface area contributed by atoms with E-state index in [0.717, 1.165) is 16.7 Å². The Kier molecular flexibility index (Phi) is 4.86. The second-order valence-electron chi connectivity index (χ2n) is 7.88. The van der Waals surface area contributed by atoms with Crippen LogP contribution >= 0.6 is 0 Å². The Morgan fingerprint density at radius 1 is 0.935 bits per heavy atom. The predicted molar refractivity (Wildman–Crippen MR) is 121 cm³/mol. The summed E-state index contributed by atoms with van der Waals surface area (Å²) in [6.45, 7) is 4.72. The molecule has 31 heavy (non-hydrogen) atoms. The second-order valence-corrected chi connectivity index (χ2v) is 7.88. The topological polar surface area (TPSA) is 71.3 Å². The predicted octanol–water partition coefficient (Wildman–Crippen LogP) is 2.60. The van der Waals surface area contributed by atoms with Gasteiger partial charge in [0.15, 0.2) is 0 Å². The van der Waals surface area contributed by atoms with Gasteiger partial charge in [-0.05, 0) is 36.8 Å². The number of fused-ring (bicyclic) bond motifs is 2. The van der Waals surface area contributed by atoms with Crippen molar-refractivity contribution in [3.05, 3.63) is 76.8 Å². The molecule has 1 aliphatic rings. The minimum atomic E-state index is -0.187. The molecule has 3 heterocycles. The molecule has 2 aromatic carbocycles. The van der Waals surface area contributed by atoms with E-state index < -0.39 is 0 Å². The highest BCUT2D eigenvalue weighted by atomic mass is 16.2. The zero-order valence-electron chi connectivity index (χ0n) is 17.4. The van der Waals surface area contributed by atoms with Crippen LogP contribution in [0.1, 0.15) is 5.56 Å². The quantitative estimate of drug-likeness (QED) is 0.516. The van der Waals surface area contributed by atoms with Crippen molar-refractivity contribution in [2.75, 3.05) is 31.1 Å². The highest BCUT2D eigenvalue weighted by Gasteiger charge is 2.23. The van der Waals surface area contributed by atoms with Crippen LogP contribution in [-0.2, 0) is 11.3 Å². The molecule has 0 radical (unpaired) electrons. The lowest BCUT2D eigenvalue weighted by molar-refractivity contribution is -0.132. The number of nitrogens with zero attached hydrogens (tertiary/aromatic N) is 5. The molecule has 156 valence electrons. The third-order valence-corrected chi connectivity index (χ3v) is 5.90. The number of anilines is 1. The molecule has 5 rings (SSSR count). The van der Waals surface area contributed by atoms with Crippen molar-refractivity contribution in [2.45, 2.75) is 13.5 Å². The summed E-state index contributed by atoms with van der Waals surface area (Å²) in [4.78, 5) is 38.6. The molecule has 0 aliphatic carbocycles. The number of carbonyl (C=O) groups is 1. The summed E-state index contributed by atoms with van der Waals surface area (Å²) < 4.78 is 1.39. The molecule has 0 atom stereocenters. The first-order valence-electron chi connectivity index (χ1n) is 10.4. The molecule has 0 saturated carbocycles. The van der Waals surface area contributed by atoms with Crippen LogP contribution in [0.2, 0.25) is 0 Å². The van der Waals surface area contributed by atoms with Gasteiger partial charge in [-0.1, -0.05) is 30.3 Å². The standard InChI is InChI=1S/C24H23N5O2/c1-17-14-22(26-21-9-5-2-6-18(17)21)27-10-12-28(13-11-27)23(30)15-29-16-25-20-8-4-3-7-19(20)24(29)31/h2-9,14,16H,10-13,15H2,1H3. The van der Waals surface area contributed by atoms with Gasteiger partial charge in [0.2, 0.25) is 5.91 Å². The van der Waals surface area contributed by atoms with Gasteiger partial charge in [0.05, 0.1) is 22.7 Å². The van der Waals surface area contributed by atoms with Crippen molar-refractivity contribution in [3.63, 3.8) is 0 Å². The molecule has 1 aliphatic heterocycles. The van der Waals surface area contributed by atoms with E-state index >= 15 is 0 Å². The summed E-state index contributed by atoms with van der Waals surface area (Å²) in [6.07, 6.45) is 1.46. The van der Waals surface area contributed by atoms with Gasteiger partial charge < -0.3 is 9.80 Å². The molecule has 0 N–H and O–H groups in total. The van der Waals surface area contributed by atoms with E-state index in [1.807, 2.05) is 29.2 Å². The van der Waals surface area contributed by atoms with Crippen molar-refractivity contribution >= 4 is 33.5 Å². The van der Waals surface area contributed by atoms with E-state index in [-0.39, 0.29) is 18.0 Å². The van der Waals surface area contributed by atoms with Gasteiger partial charge >= 0.3 is 0 Å². The first-order valence-corrected chi connectivity index (χ1v) is 10.4. The molecule has 1 amide bonds. The van der Waals surface area contributed by atoms with Crippen LogP contribution in [0.25, 0.3) is 21.8 Å². The zero-order chi connectivity index (χ0) is 21.4. The number of aromatic nitrogens is 3. The van der Waals surface area contributed by atoms with Gasteiger partial charge in [0.25, 0.3) is 5.56 Å². The van der Waals surface area contributed by atoms with Gasteiger partial charge in [-0.15, -0.1) is 0 Å². The Labute approximate surface area is 179 Å². The van der Waals surface area contributed by atoms with Crippen molar-refractivity contribution in [1.29, 1.82) is 0 Å².